The molecule has 6 heteroatoms. The van der Waals surface area contributed by atoms with Gasteiger partial charge in [0, 0.05) is 12.3 Å². The quantitative estimate of drug-likeness (QED) is 0.613. The Hall–Kier alpha value is -1.43. The Morgan fingerprint density at radius 3 is 2.53 bits per heavy atom. The van der Waals surface area contributed by atoms with Gasteiger partial charge < -0.3 is 15.2 Å². The van der Waals surface area contributed by atoms with E-state index in [1.54, 1.807) is 0 Å². The van der Waals surface area contributed by atoms with Crippen molar-refractivity contribution in [1.82, 2.24) is 0 Å². The number of hydrogen-bond donors (Lipinski definition) is 1. The van der Waals surface area contributed by atoms with Crippen LogP contribution < -0.4 is 10.5 Å². The average Bonchev–Trinajstić information content (AvgIpc) is 2.34. The van der Waals surface area contributed by atoms with E-state index in [1.807, 2.05) is 6.92 Å². The Morgan fingerprint density at radius 1 is 1.16 bits per heavy atom. The normalized spacial score (nSPS) is 11.6. The lowest BCUT2D eigenvalue weighted by molar-refractivity contribution is -0.139. The summed E-state index contributed by atoms with van der Waals surface area (Å²) < 4.78 is 48.5. The van der Waals surface area contributed by atoms with Gasteiger partial charge in [-0.3, -0.25) is 0 Å². The van der Waals surface area contributed by atoms with Gasteiger partial charge >= 0.3 is 6.18 Å². The van der Waals surface area contributed by atoms with Gasteiger partial charge in [-0.15, -0.1) is 0 Å². The van der Waals surface area contributed by atoms with E-state index in [0.717, 1.165) is 18.9 Å². The van der Waals surface area contributed by atoms with Crippen LogP contribution in [0.25, 0.3) is 0 Å². The number of rotatable bonds is 7. The number of benzene rings is 1. The van der Waals surface area contributed by atoms with E-state index in [4.69, 9.17) is 15.2 Å². The Morgan fingerprint density at radius 2 is 1.89 bits per heavy atom. The van der Waals surface area contributed by atoms with Crippen LogP contribution in [0.15, 0.2) is 18.2 Å². The minimum Gasteiger partial charge on any atom is -0.491 e. The van der Waals surface area contributed by atoms with Gasteiger partial charge in [-0.05, 0) is 24.6 Å². The van der Waals surface area contributed by atoms with Crippen LogP contribution in [0.2, 0.25) is 0 Å². The molecule has 1 aromatic carbocycles. The predicted molar refractivity (Wildman–Crippen MR) is 67.1 cm³/mol. The summed E-state index contributed by atoms with van der Waals surface area (Å²) in [7, 11) is 0. The van der Waals surface area contributed by atoms with Gasteiger partial charge in [-0.2, -0.15) is 13.2 Å². The van der Waals surface area contributed by atoms with Crippen LogP contribution in [0.1, 0.15) is 25.3 Å². The second kappa shape index (κ2) is 7.23. The maximum atomic E-state index is 12.7. The molecule has 0 radical (unpaired) electrons. The van der Waals surface area contributed by atoms with Gasteiger partial charge in [0.1, 0.15) is 12.4 Å². The van der Waals surface area contributed by atoms with Crippen molar-refractivity contribution >= 4 is 5.69 Å². The van der Waals surface area contributed by atoms with Crippen LogP contribution in [0.3, 0.4) is 0 Å². The summed E-state index contributed by atoms with van der Waals surface area (Å²) in [4.78, 5) is 0. The van der Waals surface area contributed by atoms with Crippen molar-refractivity contribution in [2.75, 3.05) is 25.6 Å². The number of unbranched alkanes of at least 4 members (excludes halogenated alkanes) is 1. The Kier molecular flexibility index (Phi) is 5.95. The molecule has 1 aromatic rings. The summed E-state index contributed by atoms with van der Waals surface area (Å²) in [5.41, 5.74) is 4.55. The zero-order valence-electron chi connectivity index (χ0n) is 10.8. The van der Waals surface area contributed by atoms with Crippen molar-refractivity contribution < 1.29 is 22.6 Å². The highest BCUT2D eigenvalue weighted by molar-refractivity contribution is 5.49. The van der Waals surface area contributed by atoms with E-state index in [9.17, 15) is 13.2 Å². The molecule has 0 fully saturated rings. The highest BCUT2D eigenvalue weighted by Crippen LogP contribution is 2.37. The molecule has 108 valence electrons. The third-order valence-electron chi connectivity index (χ3n) is 2.44. The van der Waals surface area contributed by atoms with Crippen LogP contribution in [0, 0.1) is 0 Å². The summed E-state index contributed by atoms with van der Waals surface area (Å²) in [5, 5.41) is 0. The summed E-state index contributed by atoms with van der Waals surface area (Å²) in [6, 6.07) is 3.47. The first-order valence-corrected chi connectivity index (χ1v) is 6.12. The average molecular weight is 277 g/mol. The van der Waals surface area contributed by atoms with E-state index in [2.05, 4.69) is 0 Å². The summed E-state index contributed by atoms with van der Waals surface area (Å²) in [6.07, 6.45) is -2.54. The summed E-state index contributed by atoms with van der Waals surface area (Å²) >= 11 is 0. The molecule has 3 nitrogen and oxygen atoms in total. The third-order valence-corrected chi connectivity index (χ3v) is 2.44. The molecule has 0 spiro atoms. The highest BCUT2D eigenvalue weighted by atomic mass is 19.4. The van der Waals surface area contributed by atoms with Crippen LogP contribution in [0.5, 0.6) is 5.75 Å². The third kappa shape index (κ3) is 5.38. The van der Waals surface area contributed by atoms with Crippen molar-refractivity contribution in [3.05, 3.63) is 23.8 Å². The molecule has 0 aliphatic rings. The smallest absolute Gasteiger partial charge is 0.420 e. The van der Waals surface area contributed by atoms with Crippen LogP contribution in [-0.2, 0) is 10.9 Å². The number of nitrogen functional groups attached to an aromatic ring is 1. The minimum absolute atomic E-state index is 0.0545. The Bertz CT molecular complexity index is 394. The molecule has 0 atom stereocenters. The van der Waals surface area contributed by atoms with Crippen molar-refractivity contribution in [3.8, 4) is 5.75 Å². The van der Waals surface area contributed by atoms with Gasteiger partial charge in [0.15, 0.2) is 0 Å². The van der Waals surface area contributed by atoms with Crippen LogP contribution >= 0.6 is 0 Å². The molecule has 19 heavy (non-hydrogen) atoms. The number of alkyl halides is 3. The SMILES string of the molecule is CCCCOCCOc1ccc(N)cc1C(F)(F)F. The van der Waals surface area contributed by atoms with Gasteiger partial charge in [-0.25, -0.2) is 0 Å². The zero-order chi connectivity index (χ0) is 14.3. The molecule has 2 N–H and O–H groups in total. The first-order valence-electron chi connectivity index (χ1n) is 6.12. The first kappa shape index (κ1) is 15.6. The van der Waals surface area contributed by atoms with Crippen molar-refractivity contribution in [2.45, 2.75) is 25.9 Å². The maximum absolute atomic E-state index is 12.7. The lowest BCUT2D eigenvalue weighted by Crippen LogP contribution is -2.12. The molecule has 0 aromatic heterocycles. The lowest BCUT2D eigenvalue weighted by atomic mass is 10.1. The standard InChI is InChI=1S/C13H18F3NO2/c1-2-3-6-18-7-8-19-12-5-4-10(17)9-11(12)13(14,15)16/h4-5,9H,2-3,6-8,17H2,1H3. The molecule has 0 unspecified atom stereocenters. The number of hydrogen-bond acceptors (Lipinski definition) is 3. The predicted octanol–water partition coefficient (Wildman–Crippen LogP) is 3.48. The topological polar surface area (TPSA) is 44.5 Å². The molecule has 0 saturated carbocycles. The molecule has 0 saturated heterocycles. The second-order valence-corrected chi connectivity index (χ2v) is 4.07. The molecule has 0 aliphatic heterocycles. The fraction of sp³-hybridized carbons (Fsp3) is 0.538. The Labute approximate surface area is 110 Å². The Balaban J connectivity index is 2.54. The molecule has 0 aliphatic carbocycles. The number of ether oxygens (including phenoxy) is 2. The second-order valence-electron chi connectivity index (χ2n) is 4.07. The molecule has 0 amide bonds. The summed E-state index contributed by atoms with van der Waals surface area (Å²) in [6.45, 7) is 2.97. The monoisotopic (exact) mass is 277 g/mol. The van der Waals surface area contributed by atoms with E-state index >= 15 is 0 Å². The van der Waals surface area contributed by atoms with Crippen molar-refractivity contribution in [3.63, 3.8) is 0 Å². The fourth-order valence-electron chi connectivity index (χ4n) is 1.45. The van der Waals surface area contributed by atoms with Gasteiger partial charge in [0.2, 0.25) is 0 Å². The minimum atomic E-state index is -4.48. The molecular formula is C13H18F3NO2. The van der Waals surface area contributed by atoms with Crippen LogP contribution in [0.4, 0.5) is 18.9 Å². The van der Waals surface area contributed by atoms with E-state index < -0.39 is 11.7 Å². The highest BCUT2D eigenvalue weighted by Gasteiger charge is 2.34. The first-order chi connectivity index (χ1) is 8.95. The maximum Gasteiger partial charge on any atom is 0.420 e. The van der Waals surface area contributed by atoms with E-state index in [1.165, 1.54) is 12.1 Å². The van der Waals surface area contributed by atoms with Gasteiger partial charge in [-0.1, -0.05) is 13.3 Å². The molecule has 0 bridgehead atoms. The van der Waals surface area contributed by atoms with Gasteiger partial charge in [0.05, 0.1) is 12.2 Å². The van der Waals surface area contributed by atoms with Crippen molar-refractivity contribution in [2.24, 2.45) is 0 Å². The number of nitrogens with two attached hydrogens (primary N) is 1. The number of halogens is 3. The van der Waals surface area contributed by atoms with Gasteiger partial charge in [0.25, 0.3) is 0 Å². The number of anilines is 1. The zero-order valence-corrected chi connectivity index (χ0v) is 10.8. The molecule has 0 heterocycles. The fourth-order valence-corrected chi connectivity index (χ4v) is 1.45. The van der Waals surface area contributed by atoms with E-state index in [-0.39, 0.29) is 24.7 Å². The van der Waals surface area contributed by atoms with E-state index in [0.29, 0.717) is 6.61 Å². The van der Waals surface area contributed by atoms with Crippen LogP contribution in [-0.4, -0.2) is 19.8 Å². The molecule has 1 rings (SSSR count). The van der Waals surface area contributed by atoms with Crippen molar-refractivity contribution in [1.29, 1.82) is 0 Å². The lowest BCUT2D eigenvalue weighted by Gasteiger charge is -2.14. The molecular weight excluding hydrogens is 259 g/mol. The largest absolute Gasteiger partial charge is 0.491 e. The summed E-state index contributed by atoms with van der Waals surface area (Å²) in [5.74, 6) is -0.221.